The average molecular weight is 476 g/mol. The Morgan fingerprint density at radius 3 is 2.53 bits per heavy atom. The number of fused-ring (bicyclic) bond motifs is 1. The van der Waals surface area contributed by atoms with Gasteiger partial charge in [0.1, 0.15) is 17.1 Å². The smallest absolute Gasteiger partial charge is 0.290 e. The first-order valence-corrected chi connectivity index (χ1v) is 10.8. The molecule has 4 rings (SSSR count). The van der Waals surface area contributed by atoms with Crippen LogP contribution in [0.25, 0.3) is 5.65 Å². The Labute approximate surface area is 201 Å². The lowest BCUT2D eigenvalue weighted by Gasteiger charge is -2.08. The molecule has 0 bridgehead atoms. The number of nitrogens with zero attached hydrogens (tertiary/aromatic N) is 3. The van der Waals surface area contributed by atoms with Crippen molar-refractivity contribution in [3.05, 3.63) is 94.4 Å². The fourth-order valence-electron chi connectivity index (χ4n) is 3.26. The van der Waals surface area contributed by atoms with Gasteiger partial charge in [-0.05, 0) is 67.9 Å². The molecule has 2 aromatic heterocycles. The second-order valence-electron chi connectivity index (χ2n) is 7.59. The lowest BCUT2D eigenvalue weighted by Crippen LogP contribution is -2.20. The van der Waals surface area contributed by atoms with Crippen molar-refractivity contribution in [3.8, 4) is 5.75 Å². The molecule has 2 aromatic carbocycles. The molecule has 0 radical (unpaired) electrons. The Hall–Kier alpha value is -4.17. The average Bonchev–Trinajstić information content (AvgIpc) is 3.15. The fourth-order valence-corrected chi connectivity index (χ4v) is 3.42. The predicted octanol–water partition coefficient (Wildman–Crippen LogP) is 4.39. The molecule has 0 aliphatic carbocycles. The van der Waals surface area contributed by atoms with Crippen LogP contribution in [0.1, 0.15) is 27.3 Å². The number of anilines is 1. The number of rotatable bonds is 7. The van der Waals surface area contributed by atoms with Gasteiger partial charge in [0, 0.05) is 11.9 Å². The molecule has 0 spiro atoms. The number of hydrogen-bond donors (Lipinski definition) is 2. The highest BCUT2D eigenvalue weighted by Gasteiger charge is 2.16. The van der Waals surface area contributed by atoms with E-state index in [1.54, 1.807) is 53.9 Å². The van der Waals surface area contributed by atoms with E-state index in [1.807, 2.05) is 31.2 Å². The first kappa shape index (κ1) is 23.0. The molecule has 4 aromatic rings. The van der Waals surface area contributed by atoms with E-state index in [1.165, 1.54) is 6.21 Å². The molecule has 2 amide bonds. The molecular weight excluding hydrogens is 454 g/mol. The Kier molecular flexibility index (Phi) is 6.89. The van der Waals surface area contributed by atoms with E-state index in [0.717, 1.165) is 16.8 Å². The van der Waals surface area contributed by atoms with Crippen molar-refractivity contribution in [2.24, 2.45) is 5.10 Å². The van der Waals surface area contributed by atoms with Crippen LogP contribution < -0.4 is 15.5 Å². The molecule has 0 saturated carbocycles. The van der Waals surface area contributed by atoms with Gasteiger partial charge in [0.2, 0.25) is 0 Å². The largest absolute Gasteiger partial charge is 0.484 e. The monoisotopic (exact) mass is 475 g/mol. The number of hydrazone groups is 1. The molecule has 8 nitrogen and oxygen atoms in total. The summed E-state index contributed by atoms with van der Waals surface area (Å²) in [6.07, 6.45) is 3.15. The van der Waals surface area contributed by atoms with Crippen LogP contribution in [0.4, 0.5) is 5.69 Å². The van der Waals surface area contributed by atoms with Crippen LogP contribution in [0.2, 0.25) is 5.02 Å². The van der Waals surface area contributed by atoms with Crippen molar-refractivity contribution >= 4 is 41.0 Å². The number of ether oxygens (including phenoxy) is 1. The number of carbonyl (C=O) groups excluding carboxylic acids is 2. The summed E-state index contributed by atoms with van der Waals surface area (Å²) < 4.78 is 7.16. The van der Waals surface area contributed by atoms with Gasteiger partial charge in [0.15, 0.2) is 6.61 Å². The second kappa shape index (κ2) is 10.2. The number of halogens is 1. The van der Waals surface area contributed by atoms with Gasteiger partial charge in [-0.25, -0.2) is 10.4 Å². The number of pyridine rings is 1. The molecule has 0 aliphatic rings. The lowest BCUT2D eigenvalue weighted by molar-refractivity contribution is -0.118. The van der Waals surface area contributed by atoms with Gasteiger partial charge in [-0.3, -0.25) is 14.0 Å². The maximum Gasteiger partial charge on any atom is 0.290 e. The first-order valence-electron chi connectivity index (χ1n) is 10.5. The number of amides is 2. The van der Waals surface area contributed by atoms with Crippen molar-refractivity contribution in [2.45, 2.75) is 13.8 Å². The Bertz CT molecular complexity index is 1360. The summed E-state index contributed by atoms with van der Waals surface area (Å²) in [7, 11) is 0. The summed E-state index contributed by atoms with van der Waals surface area (Å²) in [6.45, 7) is 3.62. The number of hydrogen-bond acceptors (Lipinski definition) is 5. The second-order valence-corrected chi connectivity index (χ2v) is 8.03. The van der Waals surface area contributed by atoms with Gasteiger partial charge < -0.3 is 10.1 Å². The van der Waals surface area contributed by atoms with Gasteiger partial charge in [-0.1, -0.05) is 29.3 Å². The van der Waals surface area contributed by atoms with Crippen LogP contribution in [-0.4, -0.2) is 34.0 Å². The normalized spacial score (nSPS) is 11.0. The maximum atomic E-state index is 12.6. The highest BCUT2D eigenvalue weighted by atomic mass is 35.5. The summed E-state index contributed by atoms with van der Waals surface area (Å²) in [6, 6.07) is 18.0. The number of aryl methyl sites for hydroxylation is 2. The summed E-state index contributed by atoms with van der Waals surface area (Å²) >= 11 is 6.04. The van der Waals surface area contributed by atoms with E-state index in [9.17, 15) is 9.59 Å². The van der Waals surface area contributed by atoms with E-state index in [0.29, 0.717) is 27.8 Å². The Morgan fingerprint density at radius 2 is 1.79 bits per heavy atom. The Balaban J connectivity index is 1.30. The number of nitrogens with one attached hydrogen (secondary N) is 2. The van der Waals surface area contributed by atoms with Crippen LogP contribution in [0, 0.1) is 13.8 Å². The zero-order chi connectivity index (χ0) is 24.1. The van der Waals surface area contributed by atoms with Crippen LogP contribution in [0.15, 0.2) is 72.0 Å². The molecular formula is C25H22ClN5O3. The van der Waals surface area contributed by atoms with Crippen LogP contribution >= 0.6 is 11.6 Å². The molecule has 34 heavy (non-hydrogen) atoms. The van der Waals surface area contributed by atoms with Crippen molar-refractivity contribution in [1.29, 1.82) is 0 Å². The minimum atomic E-state index is -0.400. The van der Waals surface area contributed by atoms with Crippen molar-refractivity contribution in [3.63, 3.8) is 0 Å². The third-order valence-electron chi connectivity index (χ3n) is 4.94. The minimum Gasteiger partial charge on any atom is -0.484 e. The quantitative estimate of drug-likeness (QED) is 0.306. The molecule has 0 atom stereocenters. The predicted molar refractivity (Wildman–Crippen MR) is 132 cm³/mol. The van der Waals surface area contributed by atoms with Crippen LogP contribution in [0.3, 0.4) is 0 Å². The number of aromatic nitrogens is 2. The topological polar surface area (TPSA) is 97.1 Å². The van der Waals surface area contributed by atoms with Gasteiger partial charge >= 0.3 is 0 Å². The van der Waals surface area contributed by atoms with Gasteiger partial charge in [-0.2, -0.15) is 5.10 Å². The van der Waals surface area contributed by atoms with E-state index in [4.69, 9.17) is 16.3 Å². The molecule has 0 fully saturated rings. The standard InChI is InChI=1S/C25H22ClN5O3/c1-16-3-8-20(9-4-16)29-23(32)15-34-21-10-5-18(6-11-21)13-27-30-25(33)24-17(2)28-22-12-7-19(26)14-31(22)24/h3-14H,15H2,1-2H3,(H,29,32)(H,30,33)/b27-13-. The summed E-state index contributed by atoms with van der Waals surface area (Å²) in [4.78, 5) is 29.0. The molecule has 2 heterocycles. The lowest BCUT2D eigenvalue weighted by atomic mass is 10.2. The third kappa shape index (κ3) is 5.60. The molecule has 0 saturated heterocycles. The van der Waals surface area contributed by atoms with Crippen molar-refractivity contribution in [1.82, 2.24) is 14.8 Å². The van der Waals surface area contributed by atoms with E-state index in [2.05, 4.69) is 20.8 Å². The maximum absolute atomic E-state index is 12.6. The van der Waals surface area contributed by atoms with E-state index >= 15 is 0 Å². The molecule has 172 valence electrons. The SMILES string of the molecule is Cc1ccc(NC(=O)COc2ccc(/C=N\NC(=O)c3c(C)nc4ccc(Cl)cn34)cc2)cc1. The van der Waals surface area contributed by atoms with E-state index < -0.39 is 5.91 Å². The van der Waals surface area contributed by atoms with E-state index in [-0.39, 0.29) is 12.5 Å². The zero-order valence-corrected chi connectivity index (χ0v) is 19.3. The van der Waals surface area contributed by atoms with Crippen molar-refractivity contribution < 1.29 is 14.3 Å². The molecule has 0 aliphatic heterocycles. The fraction of sp³-hybridized carbons (Fsp3) is 0.120. The minimum absolute atomic E-state index is 0.111. The molecule has 0 unspecified atom stereocenters. The van der Waals surface area contributed by atoms with Gasteiger partial charge in [0.25, 0.3) is 11.8 Å². The summed E-state index contributed by atoms with van der Waals surface area (Å²) in [5, 5.41) is 7.30. The summed E-state index contributed by atoms with van der Waals surface area (Å²) in [5.41, 5.74) is 6.65. The van der Waals surface area contributed by atoms with Gasteiger partial charge in [0.05, 0.1) is 16.9 Å². The summed E-state index contributed by atoms with van der Waals surface area (Å²) in [5.74, 6) is -0.109. The number of imidazole rings is 1. The zero-order valence-electron chi connectivity index (χ0n) is 18.6. The number of carbonyl (C=O) groups is 2. The highest BCUT2D eigenvalue weighted by Crippen LogP contribution is 2.16. The molecule has 2 N–H and O–H groups in total. The van der Waals surface area contributed by atoms with Gasteiger partial charge in [-0.15, -0.1) is 0 Å². The molecule has 9 heteroatoms. The van der Waals surface area contributed by atoms with Crippen LogP contribution in [-0.2, 0) is 4.79 Å². The first-order chi connectivity index (χ1) is 16.4. The van der Waals surface area contributed by atoms with Crippen LogP contribution in [0.5, 0.6) is 5.75 Å². The highest BCUT2D eigenvalue weighted by molar-refractivity contribution is 6.30. The third-order valence-corrected chi connectivity index (χ3v) is 5.16. The Morgan fingerprint density at radius 1 is 1.06 bits per heavy atom. The van der Waals surface area contributed by atoms with Crippen molar-refractivity contribution in [2.75, 3.05) is 11.9 Å². The number of benzene rings is 2.